The molecule has 0 spiro atoms. The molecule has 1 aliphatic rings. The number of likely N-dealkylation sites (tertiary alicyclic amines) is 1. The quantitative estimate of drug-likeness (QED) is 0.683. The fourth-order valence-electron chi connectivity index (χ4n) is 2.76. The van der Waals surface area contributed by atoms with Crippen molar-refractivity contribution in [3.05, 3.63) is 33.3 Å². The fourth-order valence-corrected chi connectivity index (χ4v) is 2.92. The van der Waals surface area contributed by atoms with E-state index in [1.165, 1.54) is 12.5 Å². The van der Waals surface area contributed by atoms with Crippen LogP contribution < -0.4 is 5.32 Å². The Morgan fingerprint density at radius 3 is 2.95 bits per heavy atom. The second-order valence-electron chi connectivity index (χ2n) is 5.52. The van der Waals surface area contributed by atoms with Crippen molar-refractivity contribution in [3.63, 3.8) is 0 Å². The van der Waals surface area contributed by atoms with Gasteiger partial charge in [-0.25, -0.2) is 0 Å². The number of nitrogens with zero attached hydrogens (tertiary/aromatic N) is 2. The molecule has 0 aliphatic carbocycles. The molecule has 0 bridgehead atoms. The van der Waals surface area contributed by atoms with Gasteiger partial charge in [-0.05, 0) is 51.4 Å². The van der Waals surface area contributed by atoms with E-state index in [9.17, 15) is 10.1 Å². The number of hydrogen-bond donors (Lipinski definition) is 1. The van der Waals surface area contributed by atoms with Gasteiger partial charge in [0.05, 0.1) is 4.92 Å². The summed E-state index contributed by atoms with van der Waals surface area (Å²) in [5.74, 6) is 0.504. The summed E-state index contributed by atoms with van der Waals surface area (Å²) in [6, 6.07) is 4.95. The molecule has 0 aromatic heterocycles. The molecule has 6 heteroatoms. The third kappa shape index (κ3) is 3.61. The van der Waals surface area contributed by atoms with Gasteiger partial charge in [0.1, 0.15) is 5.69 Å². The lowest BCUT2D eigenvalue weighted by atomic mass is 9.91. The Morgan fingerprint density at radius 1 is 1.55 bits per heavy atom. The Morgan fingerprint density at radius 2 is 2.30 bits per heavy atom. The van der Waals surface area contributed by atoms with Crippen molar-refractivity contribution in [3.8, 4) is 0 Å². The van der Waals surface area contributed by atoms with E-state index in [0.29, 0.717) is 16.6 Å². The highest BCUT2D eigenvalue weighted by Gasteiger charge is 2.24. The van der Waals surface area contributed by atoms with Crippen molar-refractivity contribution in [2.45, 2.75) is 25.8 Å². The third-order valence-corrected chi connectivity index (χ3v) is 4.14. The predicted molar refractivity (Wildman–Crippen MR) is 81.4 cm³/mol. The highest BCUT2D eigenvalue weighted by atomic mass is 35.5. The first-order chi connectivity index (χ1) is 9.47. The van der Waals surface area contributed by atoms with Crippen LogP contribution in [0.4, 0.5) is 11.4 Å². The minimum atomic E-state index is -0.395. The van der Waals surface area contributed by atoms with Gasteiger partial charge in [-0.1, -0.05) is 11.6 Å². The van der Waals surface area contributed by atoms with Gasteiger partial charge in [0.25, 0.3) is 5.69 Å². The van der Waals surface area contributed by atoms with Crippen molar-refractivity contribution in [1.82, 2.24) is 4.90 Å². The average Bonchev–Trinajstić information content (AvgIpc) is 2.40. The van der Waals surface area contributed by atoms with Gasteiger partial charge in [0.15, 0.2) is 0 Å². The molecule has 2 rings (SSSR count). The van der Waals surface area contributed by atoms with E-state index in [4.69, 9.17) is 11.6 Å². The van der Waals surface area contributed by atoms with Gasteiger partial charge < -0.3 is 10.2 Å². The summed E-state index contributed by atoms with van der Waals surface area (Å²) >= 11 is 5.83. The molecule has 1 saturated heterocycles. The average molecular weight is 298 g/mol. The van der Waals surface area contributed by atoms with Crippen LogP contribution in [0.5, 0.6) is 0 Å². The number of nitrogens with one attached hydrogen (secondary N) is 1. The Hall–Kier alpha value is -1.33. The Balaban J connectivity index is 2.11. The molecule has 0 radical (unpaired) electrons. The van der Waals surface area contributed by atoms with E-state index >= 15 is 0 Å². The summed E-state index contributed by atoms with van der Waals surface area (Å²) in [5, 5.41) is 14.7. The van der Waals surface area contributed by atoms with Crippen molar-refractivity contribution >= 4 is 23.0 Å². The lowest BCUT2D eigenvalue weighted by molar-refractivity contribution is -0.384. The van der Waals surface area contributed by atoms with Gasteiger partial charge in [-0.3, -0.25) is 10.1 Å². The van der Waals surface area contributed by atoms with Crippen molar-refractivity contribution in [2.75, 3.05) is 25.5 Å². The van der Waals surface area contributed by atoms with Crippen LogP contribution in [0.1, 0.15) is 19.8 Å². The molecule has 20 heavy (non-hydrogen) atoms. The summed E-state index contributed by atoms with van der Waals surface area (Å²) in [5.41, 5.74) is 0.577. The summed E-state index contributed by atoms with van der Waals surface area (Å²) in [4.78, 5) is 13.0. The maximum Gasteiger partial charge on any atom is 0.293 e. The van der Waals surface area contributed by atoms with Gasteiger partial charge in [0.2, 0.25) is 0 Å². The predicted octanol–water partition coefficient (Wildman–Crippen LogP) is 3.39. The van der Waals surface area contributed by atoms with Crippen LogP contribution in [0.2, 0.25) is 5.02 Å². The molecular weight excluding hydrogens is 278 g/mol. The van der Waals surface area contributed by atoms with Crippen molar-refractivity contribution in [2.24, 2.45) is 5.92 Å². The normalized spacial score (nSPS) is 21.4. The van der Waals surface area contributed by atoms with Crippen LogP contribution in [0.25, 0.3) is 0 Å². The van der Waals surface area contributed by atoms with Crippen LogP contribution in [-0.4, -0.2) is 36.0 Å². The molecule has 1 aliphatic heterocycles. The molecule has 2 unspecified atom stereocenters. The number of nitro groups is 1. The van der Waals surface area contributed by atoms with Crippen LogP contribution in [0, 0.1) is 16.0 Å². The molecule has 0 saturated carbocycles. The van der Waals surface area contributed by atoms with Crippen LogP contribution in [-0.2, 0) is 0 Å². The maximum absolute atomic E-state index is 11.1. The SMILES string of the molecule is CC(Nc1ccc(Cl)cc1[N+](=O)[O-])C1CCCN(C)C1. The molecule has 110 valence electrons. The summed E-state index contributed by atoms with van der Waals surface area (Å²) < 4.78 is 0. The van der Waals surface area contributed by atoms with Gasteiger partial charge in [-0.2, -0.15) is 0 Å². The van der Waals surface area contributed by atoms with Gasteiger partial charge >= 0.3 is 0 Å². The topological polar surface area (TPSA) is 58.4 Å². The van der Waals surface area contributed by atoms with Crippen LogP contribution >= 0.6 is 11.6 Å². The maximum atomic E-state index is 11.1. The van der Waals surface area contributed by atoms with E-state index < -0.39 is 4.92 Å². The molecule has 2 atom stereocenters. The zero-order valence-corrected chi connectivity index (χ0v) is 12.6. The molecule has 1 heterocycles. The first-order valence-corrected chi connectivity index (χ1v) is 7.24. The number of anilines is 1. The molecule has 1 aromatic carbocycles. The lowest BCUT2D eigenvalue weighted by Gasteiger charge is -2.34. The van der Waals surface area contributed by atoms with Crippen molar-refractivity contribution in [1.29, 1.82) is 0 Å². The number of benzene rings is 1. The molecule has 1 fully saturated rings. The summed E-state index contributed by atoms with van der Waals surface area (Å²) in [6.07, 6.45) is 2.33. The number of rotatable bonds is 4. The van der Waals surface area contributed by atoms with Crippen LogP contribution in [0.3, 0.4) is 0 Å². The molecule has 0 amide bonds. The number of hydrogen-bond acceptors (Lipinski definition) is 4. The lowest BCUT2D eigenvalue weighted by Crippen LogP contribution is -2.39. The zero-order chi connectivity index (χ0) is 14.7. The van der Waals surface area contributed by atoms with E-state index in [0.717, 1.165) is 19.5 Å². The smallest absolute Gasteiger partial charge is 0.293 e. The highest BCUT2D eigenvalue weighted by Crippen LogP contribution is 2.30. The standard InChI is InChI=1S/C14H20ClN3O2/c1-10(11-4-3-7-17(2)9-11)16-13-6-5-12(15)8-14(13)18(19)20/h5-6,8,10-11,16H,3-4,7,9H2,1-2H3. The first kappa shape index (κ1) is 15.1. The Bertz CT molecular complexity index is 495. The highest BCUT2D eigenvalue weighted by molar-refractivity contribution is 6.30. The van der Waals surface area contributed by atoms with E-state index in [1.54, 1.807) is 12.1 Å². The second-order valence-corrected chi connectivity index (χ2v) is 5.95. The first-order valence-electron chi connectivity index (χ1n) is 6.86. The second kappa shape index (κ2) is 6.41. The molecule has 5 nitrogen and oxygen atoms in total. The van der Waals surface area contributed by atoms with Gasteiger partial charge in [0, 0.05) is 23.7 Å². The van der Waals surface area contributed by atoms with Gasteiger partial charge in [-0.15, -0.1) is 0 Å². The van der Waals surface area contributed by atoms with E-state index in [-0.39, 0.29) is 11.7 Å². The molecular formula is C14H20ClN3O2. The monoisotopic (exact) mass is 297 g/mol. The largest absolute Gasteiger partial charge is 0.377 e. The minimum absolute atomic E-state index is 0.0357. The van der Waals surface area contributed by atoms with E-state index in [2.05, 4.69) is 24.2 Å². The van der Waals surface area contributed by atoms with Crippen molar-refractivity contribution < 1.29 is 4.92 Å². The van der Waals surface area contributed by atoms with E-state index in [1.807, 2.05) is 0 Å². The number of nitro benzene ring substituents is 1. The Kier molecular flexibility index (Phi) is 4.83. The third-order valence-electron chi connectivity index (χ3n) is 3.91. The minimum Gasteiger partial charge on any atom is -0.377 e. The zero-order valence-electron chi connectivity index (χ0n) is 11.8. The summed E-state index contributed by atoms with van der Waals surface area (Å²) in [7, 11) is 2.11. The fraction of sp³-hybridized carbons (Fsp3) is 0.571. The Labute approximate surface area is 124 Å². The van der Waals surface area contributed by atoms with Crippen LogP contribution in [0.15, 0.2) is 18.2 Å². The molecule has 1 N–H and O–H groups in total. The summed E-state index contributed by atoms with van der Waals surface area (Å²) in [6.45, 7) is 4.24. The number of halogens is 1. The molecule has 1 aromatic rings. The number of piperidine rings is 1.